The highest BCUT2D eigenvalue weighted by molar-refractivity contribution is 7.91. The Morgan fingerprint density at radius 2 is 2.10 bits per heavy atom. The average Bonchev–Trinajstić information content (AvgIpc) is 1.89. The Bertz CT molecular complexity index is 212. The van der Waals surface area contributed by atoms with Crippen LogP contribution < -0.4 is 0 Å². The molecule has 0 spiro atoms. The summed E-state index contributed by atoms with van der Waals surface area (Å²) >= 11 is 0. The molecule has 0 bridgehead atoms. The maximum Gasteiger partial charge on any atom is 0.150 e. The second-order valence-corrected chi connectivity index (χ2v) is 4.47. The molecule has 0 aliphatic carbocycles. The van der Waals surface area contributed by atoms with Crippen LogP contribution in [-0.2, 0) is 9.84 Å². The SMILES string of the molecule is CCS(=O)(=O)CCCC#N. The van der Waals surface area contributed by atoms with Crippen LogP contribution in [0.1, 0.15) is 19.8 Å². The van der Waals surface area contributed by atoms with Crippen molar-refractivity contribution in [2.45, 2.75) is 19.8 Å². The molecule has 0 radical (unpaired) electrons. The lowest BCUT2D eigenvalue weighted by Gasteiger charge is -1.95. The molecule has 0 amide bonds. The molecule has 0 fully saturated rings. The highest BCUT2D eigenvalue weighted by atomic mass is 32.2. The molecule has 0 aliphatic heterocycles. The summed E-state index contributed by atoms with van der Waals surface area (Å²) in [5, 5.41) is 8.09. The van der Waals surface area contributed by atoms with Gasteiger partial charge in [0, 0.05) is 12.2 Å². The summed E-state index contributed by atoms with van der Waals surface area (Å²) in [6.45, 7) is 1.61. The zero-order valence-corrected chi connectivity index (χ0v) is 6.82. The fourth-order valence-electron chi connectivity index (χ4n) is 0.515. The first-order chi connectivity index (χ1) is 4.62. The van der Waals surface area contributed by atoms with Crippen LogP contribution in [-0.4, -0.2) is 19.9 Å². The molecule has 0 atom stereocenters. The Morgan fingerprint density at radius 1 is 1.50 bits per heavy atom. The van der Waals surface area contributed by atoms with Crippen molar-refractivity contribution in [3.8, 4) is 6.07 Å². The summed E-state index contributed by atoms with van der Waals surface area (Å²) in [7, 11) is -2.84. The van der Waals surface area contributed by atoms with Crippen molar-refractivity contribution >= 4 is 9.84 Å². The molecule has 10 heavy (non-hydrogen) atoms. The van der Waals surface area contributed by atoms with E-state index in [4.69, 9.17) is 5.26 Å². The molecule has 0 heterocycles. The first-order valence-corrected chi connectivity index (χ1v) is 5.02. The van der Waals surface area contributed by atoms with Crippen LogP contribution in [0, 0.1) is 11.3 Å². The van der Waals surface area contributed by atoms with Crippen LogP contribution in [0.4, 0.5) is 0 Å². The molecule has 58 valence electrons. The number of nitriles is 1. The zero-order chi connectivity index (χ0) is 8.04. The quantitative estimate of drug-likeness (QED) is 0.571. The van der Waals surface area contributed by atoms with E-state index in [1.807, 2.05) is 6.07 Å². The van der Waals surface area contributed by atoms with Gasteiger partial charge in [0.05, 0.1) is 11.8 Å². The first kappa shape index (κ1) is 9.44. The fourth-order valence-corrected chi connectivity index (χ4v) is 1.39. The van der Waals surface area contributed by atoms with E-state index in [-0.39, 0.29) is 11.5 Å². The third-order valence-electron chi connectivity index (χ3n) is 1.18. The summed E-state index contributed by atoms with van der Waals surface area (Å²) in [4.78, 5) is 0. The summed E-state index contributed by atoms with van der Waals surface area (Å²) in [6, 6.07) is 1.90. The summed E-state index contributed by atoms with van der Waals surface area (Å²) in [6.07, 6.45) is 0.798. The molecule has 0 aromatic rings. The van der Waals surface area contributed by atoms with Crippen molar-refractivity contribution in [3.05, 3.63) is 0 Å². The third-order valence-corrected chi connectivity index (χ3v) is 2.97. The fraction of sp³-hybridized carbons (Fsp3) is 0.833. The topological polar surface area (TPSA) is 57.9 Å². The van der Waals surface area contributed by atoms with Crippen LogP contribution in [0.3, 0.4) is 0 Å². The minimum absolute atomic E-state index is 0.150. The Labute approximate surface area is 61.6 Å². The highest BCUT2D eigenvalue weighted by Crippen LogP contribution is 1.95. The molecule has 0 aliphatic rings. The van der Waals surface area contributed by atoms with Crippen LogP contribution in [0.5, 0.6) is 0 Å². The molecular weight excluding hydrogens is 150 g/mol. The van der Waals surface area contributed by atoms with E-state index in [0.717, 1.165) is 0 Å². The number of sulfone groups is 1. The second kappa shape index (κ2) is 4.29. The number of nitrogens with zero attached hydrogens (tertiary/aromatic N) is 1. The van der Waals surface area contributed by atoms with Crippen molar-refractivity contribution in [1.29, 1.82) is 5.26 Å². The monoisotopic (exact) mass is 161 g/mol. The van der Waals surface area contributed by atoms with Gasteiger partial charge in [0.2, 0.25) is 0 Å². The molecule has 4 heteroatoms. The number of rotatable bonds is 4. The predicted octanol–water partition coefficient (Wildman–Crippen LogP) is 0.725. The van der Waals surface area contributed by atoms with Gasteiger partial charge in [0.1, 0.15) is 9.84 Å². The number of hydrogen-bond donors (Lipinski definition) is 0. The van der Waals surface area contributed by atoms with E-state index >= 15 is 0 Å². The Morgan fingerprint density at radius 3 is 2.50 bits per heavy atom. The predicted molar refractivity (Wildman–Crippen MR) is 39.2 cm³/mol. The van der Waals surface area contributed by atoms with Gasteiger partial charge in [0.15, 0.2) is 0 Å². The van der Waals surface area contributed by atoms with Crippen molar-refractivity contribution in [2.75, 3.05) is 11.5 Å². The number of unbranched alkanes of at least 4 members (excludes halogenated alkanes) is 1. The smallest absolute Gasteiger partial charge is 0.150 e. The van der Waals surface area contributed by atoms with E-state index in [1.54, 1.807) is 6.92 Å². The Balaban J connectivity index is 3.61. The van der Waals surface area contributed by atoms with Gasteiger partial charge in [-0.2, -0.15) is 5.26 Å². The maximum atomic E-state index is 10.8. The molecule has 0 unspecified atom stereocenters. The molecular formula is C6H11NO2S. The van der Waals surface area contributed by atoms with Crippen molar-refractivity contribution in [3.63, 3.8) is 0 Å². The Hall–Kier alpha value is -0.560. The van der Waals surface area contributed by atoms with Crippen LogP contribution in [0.25, 0.3) is 0 Å². The number of hydrogen-bond acceptors (Lipinski definition) is 3. The lowest BCUT2D eigenvalue weighted by molar-refractivity contribution is 0.595. The molecule has 0 N–H and O–H groups in total. The van der Waals surface area contributed by atoms with Gasteiger partial charge in [-0.25, -0.2) is 8.42 Å². The van der Waals surface area contributed by atoms with E-state index in [1.165, 1.54) is 0 Å². The second-order valence-electron chi connectivity index (χ2n) is 2.00. The minimum Gasteiger partial charge on any atom is -0.229 e. The van der Waals surface area contributed by atoms with Crippen molar-refractivity contribution in [2.24, 2.45) is 0 Å². The van der Waals surface area contributed by atoms with Gasteiger partial charge in [-0.05, 0) is 6.42 Å². The highest BCUT2D eigenvalue weighted by Gasteiger charge is 2.04. The summed E-state index contributed by atoms with van der Waals surface area (Å²) in [5.74, 6) is 0.329. The van der Waals surface area contributed by atoms with Crippen LogP contribution in [0.15, 0.2) is 0 Å². The van der Waals surface area contributed by atoms with E-state index in [0.29, 0.717) is 12.8 Å². The van der Waals surface area contributed by atoms with Gasteiger partial charge >= 0.3 is 0 Å². The molecule has 3 nitrogen and oxygen atoms in total. The van der Waals surface area contributed by atoms with Crippen molar-refractivity contribution < 1.29 is 8.42 Å². The van der Waals surface area contributed by atoms with Gasteiger partial charge in [-0.15, -0.1) is 0 Å². The lowest BCUT2D eigenvalue weighted by atomic mass is 10.4. The van der Waals surface area contributed by atoms with Crippen LogP contribution >= 0.6 is 0 Å². The molecule has 0 aromatic heterocycles. The third kappa shape index (κ3) is 4.33. The van der Waals surface area contributed by atoms with E-state index < -0.39 is 9.84 Å². The molecule has 0 rings (SSSR count). The van der Waals surface area contributed by atoms with E-state index in [2.05, 4.69) is 0 Å². The largest absolute Gasteiger partial charge is 0.229 e. The first-order valence-electron chi connectivity index (χ1n) is 3.19. The lowest BCUT2D eigenvalue weighted by Crippen LogP contribution is -2.07. The molecule has 0 saturated heterocycles. The van der Waals surface area contributed by atoms with Gasteiger partial charge < -0.3 is 0 Å². The van der Waals surface area contributed by atoms with Crippen molar-refractivity contribution in [1.82, 2.24) is 0 Å². The summed E-state index contributed by atoms with van der Waals surface area (Å²) < 4.78 is 21.5. The molecule has 0 saturated carbocycles. The Kier molecular flexibility index (Phi) is 4.05. The molecule has 0 aromatic carbocycles. The maximum absolute atomic E-state index is 10.8. The summed E-state index contributed by atoms with van der Waals surface area (Å²) in [5.41, 5.74) is 0. The standard InChI is InChI=1S/C6H11NO2S/c1-2-10(8,9)6-4-3-5-7/h2-4,6H2,1H3. The normalized spacial score (nSPS) is 10.8. The van der Waals surface area contributed by atoms with E-state index in [9.17, 15) is 8.42 Å². The minimum atomic E-state index is -2.84. The zero-order valence-electron chi connectivity index (χ0n) is 6.00. The van der Waals surface area contributed by atoms with Gasteiger partial charge in [-0.3, -0.25) is 0 Å². The van der Waals surface area contributed by atoms with Crippen LogP contribution in [0.2, 0.25) is 0 Å². The van der Waals surface area contributed by atoms with Gasteiger partial charge in [-0.1, -0.05) is 6.92 Å². The van der Waals surface area contributed by atoms with Gasteiger partial charge in [0.25, 0.3) is 0 Å². The average molecular weight is 161 g/mol.